The van der Waals surface area contributed by atoms with Crippen molar-refractivity contribution in [2.24, 2.45) is 4.99 Å². The van der Waals surface area contributed by atoms with Crippen molar-refractivity contribution in [2.75, 3.05) is 0 Å². The van der Waals surface area contributed by atoms with Crippen molar-refractivity contribution in [3.63, 3.8) is 0 Å². The molecule has 0 radical (unpaired) electrons. The SMILES string of the molecule is Cc1ccc(/C(Cl)=N\C(=C/c2ccccc2)S(=O)(=O)c2ccccc2)cc1. The fraction of sp³-hybridized carbons (Fsp3) is 0.0455. The average Bonchev–Trinajstić information content (AvgIpc) is 2.69. The number of aryl methyl sites for hydroxylation is 1. The van der Waals surface area contributed by atoms with Crippen LogP contribution in [0.4, 0.5) is 0 Å². The van der Waals surface area contributed by atoms with E-state index in [-0.39, 0.29) is 15.1 Å². The van der Waals surface area contributed by atoms with Crippen LogP contribution in [0.3, 0.4) is 0 Å². The van der Waals surface area contributed by atoms with Crippen LogP contribution in [0.25, 0.3) is 6.08 Å². The molecule has 0 fully saturated rings. The Bertz CT molecular complexity index is 1070. The van der Waals surface area contributed by atoms with Crippen LogP contribution in [0.1, 0.15) is 16.7 Å². The van der Waals surface area contributed by atoms with E-state index in [2.05, 4.69) is 4.99 Å². The van der Waals surface area contributed by atoms with Gasteiger partial charge >= 0.3 is 0 Å². The van der Waals surface area contributed by atoms with Crippen LogP contribution in [0.5, 0.6) is 0 Å². The van der Waals surface area contributed by atoms with Crippen LogP contribution in [0.2, 0.25) is 0 Å². The maximum atomic E-state index is 13.1. The Balaban J connectivity index is 2.12. The van der Waals surface area contributed by atoms with Crippen LogP contribution in [0.15, 0.2) is 99.8 Å². The molecular weight excluding hydrogens is 378 g/mol. The molecule has 3 nitrogen and oxygen atoms in total. The Morgan fingerprint density at radius 1 is 0.852 bits per heavy atom. The van der Waals surface area contributed by atoms with Crippen LogP contribution in [0, 0.1) is 6.92 Å². The van der Waals surface area contributed by atoms with E-state index in [9.17, 15) is 8.42 Å². The van der Waals surface area contributed by atoms with Gasteiger partial charge in [0, 0.05) is 5.56 Å². The van der Waals surface area contributed by atoms with Crippen molar-refractivity contribution in [2.45, 2.75) is 11.8 Å². The van der Waals surface area contributed by atoms with Gasteiger partial charge in [-0.2, -0.15) is 0 Å². The smallest absolute Gasteiger partial charge is 0.223 e. The summed E-state index contributed by atoms with van der Waals surface area (Å²) in [4.78, 5) is 4.45. The number of hydrogen-bond donors (Lipinski definition) is 0. The Kier molecular flexibility index (Phi) is 5.89. The van der Waals surface area contributed by atoms with E-state index in [0.29, 0.717) is 5.56 Å². The summed E-state index contributed by atoms with van der Waals surface area (Å²) < 4.78 is 26.2. The number of benzene rings is 3. The van der Waals surface area contributed by atoms with E-state index in [0.717, 1.165) is 11.1 Å². The van der Waals surface area contributed by atoms with Gasteiger partial charge < -0.3 is 0 Å². The van der Waals surface area contributed by atoms with Crippen molar-refractivity contribution in [3.05, 3.63) is 107 Å². The third-order valence-electron chi connectivity index (χ3n) is 3.92. The molecule has 0 saturated heterocycles. The lowest BCUT2D eigenvalue weighted by atomic mass is 10.2. The molecule has 0 aliphatic rings. The third-order valence-corrected chi connectivity index (χ3v) is 5.87. The number of nitrogens with zero attached hydrogens (tertiary/aromatic N) is 1. The number of halogens is 1. The van der Waals surface area contributed by atoms with Crippen molar-refractivity contribution in [1.82, 2.24) is 0 Å². The molecule has 27 heavy (non-hydrogen) atoms. The minimum Gasteiger partial charge on any atom is -0.223 e. The van der Waals surface area contributed by atoms with Gasteiger partial charge in [0.05, 0.1) is 4.90 Å². The quantitative estimate of drug-likeness (QED) is 0.539. The minimum atomic E-state index is -3.82. The summed E-state index contributed by atoms with van der Waals surface area (Å²) in [6, 6.07) is 24.8. The highest BCUT2D eigenvalue weighted by Gasteiger charge is 2.21. The van der Waals surface area contributed by atoms with Gasteiger partial charge in [-0.25, -0.2) is 13.4 Å². The zero-order valence-corrected chi connectivity index (χ0v) is 16.3. The van der Waals surface area contributed by atoms with E-state index in [1.54, 1.807) is 30.3 Å². The third kappa shape index (κ3) is 4.73. The largest absolute Gasteiger partial charge is 0.223 e. The maximum Gasteiger partial charge on any atom is 0.223 e. The molecular formula is C22H18ClNO2S. The zero-order chi connectivity index (χ0) is 19.3. The first-order chi connectivity index (χ1) is 13.0. The molecule has 0 N–H and O–H groups in total. The van der Waals surface area contributed by atoms with Gasteiger partial charge in [-0.3, -0.25) is 0 Å². The van der Waals surface area contributed by atoms with Crippen LogP contribution in [-0.4, -0.2) is 13.6 Å². The molecule has 136 valence electrons. The molecule has 0 unspecified atom stereocenters. The predicted molar refractivity (Wildman–Crippen MR) is 112 cm³/mol. The van der Waals surface area contributed by atoms with E-state index in [1.165, 1.54) is 6.08 Å². The highest BCUT2D eigenvalue weighted by molar-refractivity contribution is 7.95. The van der Waals surface area contributed by atoms with Crippen molar-refractivity contribution in [3.8, 4) is 0 Å². The highest BCUT2D eigenvalue weighted by atomic mass is 35.5. The molecule has 0 aromatic heterocycles. The summed E-state index contributed by atoms with van der Waals surface area (Å²) in [5.41, 5.74) is 2.47. The fourth-order valence-electron chi connectivity index (χ4n) is 2.43. The van der Waals surface area contributed by atoms with E-state index in [4.69, 9.17) is 11.6 Å². The van der Waals surface area contributed by atoms with Gasteiger partial charge in [-0.15, -0.1) is 0 Å². The molecule has 0 bridgehead atoms. The molecule has 0 aliphatic carbocycles. The van der Waals surface area contributed by atoms with Crippen molar-refractivity contribution < 1.29 is 8.42 Å². The summed E-state index contributed by atoms with van der Waals surface area (Å²) in [6.07, 6.45) is 1.53. The molecule has 3 aromatic rings. The lowest BCUT2D eigenvalue weighted by Gasteiger charge is -2.07. The van der Waals surface area contributed by atoms with Gasteiger partial charge in [0.2, 0.25) is 9.84 Å². The molecule has 3 rings (SSSR count). The minimum absolute atomic E-state index is 0.106. The van der Waals surface area contributed by atoms with Crippen LogP contribution >= 0.6 is 11.6 Å². The molecule has 0 amide bonds. The summed E-state index contributed by atoms with van der Waals surface area (Å²) in [7, 11) is -3.82. The first-order valence-electron chi connectivity index (χ1n) is 8.35. The van der Waals surface area contributed by atoms with Gasteiger partial charge in [-0.05, 0) is 30.7 Å². The molecule has 5 heteroatoms. The summed E-state index contributed by atoms with van der Waals surface area (Å²) in [5.74, 6) is 0. The Morgan fingerprint density at radius 3 is 2.00 bits per heavy atom. The van der Waals surface area contributed by atoms with Gasteiger partial charge in [-0.1, -0.05) is 90.0 Å². The first-order valence-corrected chi connectivity index (χ1v) is 10.2. The Labute approximate surface area is 164 Å². The first kappa shape index (κ1) is 19.1. The maximum absolute atomic E-state index is 13.1. The lowest BCUT2D eigenvalue weighted by Crippen LogP contribution is -2.05. The Hall–Kier alpha value is -2.69. The van der Waals surface area contributed by atoms with E-state index >= 15 is 0 Å². The summed E-state index contributed by atoms with van der Waals surface area (Å²) in [6.45, 7) is 1.97. The van der Waals surface area contributed by atoms with Gasteiger partial charge in [0.15, 0.2) is 5.03 Å². The summed E-state index contributed by atoms with van der Waals surface area (Å²) in [5, 5.41) is 0.0159. The van der Waals surface area contributed by atoms with Crippen molar-refractivity contribution in [1.29, 1.82) is 0 Å². The predicted octanol–water partition coefficient (Wildman–Crippen LogP) is 5.45. The lowest BCUT2D eigenvalue weighted by molar-refractivity contribution is 0.602. The monoisotopic (exact) mass is 395 g/mol. The topological polar surface area (TPSA) is 46.5 Å². The highest BCUT2D eigenvalue weighted by Crippen LogP contribution is 2.24. The molecule has 3 aromatic carbocycles. The normalized spacial score (nSPS) is 12.8. The van der Waals surface area contributed by atoms with E-state index in [1.807, 2.05) is 61.5 Å². The molecule has 0 heterocycles. The second-order valence-corrected chi connectivity index (χ2v) is 8.23. The van der Waals surface area contributed by atoms with Crippen LogP contribution in [-0.2, 0) is 9.84 Å². The zero-order valence-electron chi connectivity index (χ0n) is 14.7. The number of hydrogen-bond acceptors (Lipinski definition) is 3. The van der Waals surface area contributed by atoms with E-state index < -0.39 is 9.84 Å². The average molecular weight is 396 g/mol. The van der Waals surface area contributed by atoms with Gasteiger partial charge in [0.1, 0.15) is 5.17 Å². The summed E-state index contributed by atoms with van der Waals surface area (Å²) >= 11 is 6.36. The number of aliphatic imine (C=N–C) groups is 1. The molecule has 0 aliphatic heterocycles. The molecule has 0 saturated carbocycles. The molecule has 0 spiro atoms. The fourth-order valence-corrected chi connectivity index (χ4v) is 3.96. The van der Waals surface area contributed by atoms with Crippen molar-refractivity contribution >= 4 is 32.7 Å². The second-order valence-electron chi connectivity index (χ2n) is 5.98. The second kappa shape index (κ2) is 8.33. The molecule has 0 atom stereocenters. The van der Waals surface area contributed by atoms with Gasteiger partial charge in [0.25, 0.3) is 0 Å². The van der Waals surface area contributed by atoms with Crippen LogP contribution < -0.4 is 0 Å². The standard InChI is InChI=1S/C22H18ClNO2S/c1-17-12-14-19(15-13-17)22(23)24-21(16-18-8-4-2-5-9-18)27(25,26)20-10-6-3-7-11-20/h2-16H,1H3/b21-16+,24-22+. The number of rotatable bonds is 5. The number of sulfone groups is 1. The Morgan fingerprint density at radius 2 is 1.41 bits per heavy atom.